The fraction of sp³-hybridized carbons (Fsp3) is 0.500. The molecule has 0 aromatic heterocycles. The van der Waals surface area contributed by atoms with Gasteiger partial charge >= 0.3 is 0 Å². The van der Waals surface area contributed by atoms with Gasteiger partial charge in [-0.05, 0) is 104 Å². The first-order valence-electron chi connectivity index (χ1n) is 11.8. The van der Waals surface area contributed by atoms with Crippen LogP contribution in [0.4, 0.5) is 8.78 Å². The van der Waals surface area contributed by atoms with E-state index in [0.717, 1.165) is 28.9 Å². The first-order chi connectivity index (χ1) is 14.6. The van der Waals surface area contributed by atoms with Crippen molar-refractivity contribution in [3.63, 3.8) is 0 Å². The second kappa shape index (κ2) is 9.90. The van der Waals surface area contributed by atoms with Crippen molar-refractivity contribution in [1.29, 1.82) is 0 Å². The van der Waals surface area contributed by atoms with Crippen molar-refractivity contribution in [3.8, 4) is 11.1 Å². The predicted molar refractivity (Wildman–Crippen MR) is 121 cm³/mol. The standard InChI is InChI=1S/C28H34F2/c1-2-20-3-5-21(6-4-20)7-8-22-9-11-23(12-10-22)24-13-15-25(16-14-24)26-17-18-27(29)28(30)19-26/h2,13-23H,1,3-12H2. The number of hydrogen-bond donors (Lipinski definition) is 0. The molecule has 2 aromatic rings. The van der Waals surface area contributed by atoms with E-state index in [1.165, 1.54) is 81.9 Å². The van der Waals surface area contributed by atoms with Gasteiger partial charge in [-0.3, -0.25) is 0 Å². The lowest BCUT2D eigenvalue weighted by atomic mass is 9.74. The van der Waals surface area contributed by atoms with Crippen molar-refractivity contribution in [3.05, 3.63) is 72.3 Å². The zero-order valence-electron chi connectivity index (χ0n) is 18.0. The van der Waals surface area contributed by atoms with E-state index in [1.54, 1.807) is 6.07 Å². The second-order valence-corrected chi connectivity index (χ2v) is 9.56. The summed E-state index contributed by atoms with van der Waals surface area (Å²) in [5.74, 6) is 1.68. The molecule has 0 bridgehead atoms. The van der Waals surface area contributed by atoms with Gasteiger partial charge in [0.05, 0.1) is 0 Å². The van der Waals surface area contributed by atoms with E-state index in [4.69, 9.17) is 0 Å². The zero-order valence-corrected chi connectivity index (χ0v) is 18.0. The Kier molecular flexibility index (Phi) is 7.02. The Hall–Kier alpha value is -1.96. The average molecular weight is 409 g/mol. The van der Waals surface area contributed by atoms with Crippen LogP contribution in [0.25, 0.3) is 11.1 Å². The van der Waals surface area contributed by atoms with Crippen LogP contribution in [-0.4, -0.2) is 0 Å². The van der Waals surface area contributed by atoms with Crippen molar-refractivity contribution in [1.82, 2.24) is 0 Å². The highest BCUT2D eigenvalue weighted by Crippen LogP contribution is 2.40. The maximum atomic E-state index is 13.5. The summed E-state index contributed by atoms with van der Waals surface area (Å²) in [6, 6.07) is 12.6. The van der Waals surface area contributed by atoms with Crippen LogP contribution in [-0.2, 0) is 0 Å². The maximum absolute atomic E-state index is 13.5. The summed E-state index contributed by atoms with van der Waals surface area (Å²) in [7, 11) is 0. The number of halogens is 2. The Morgan fingerprint density at radius 2 is 1.27 bits per heavy atom. The molecule has 4 rings (SSSR count). The van der Waals surface area contributed by atoms with Gasteiger partial charge in [0.25, 0.3) is 0 Å². The monoisotopic (exact) mass is 408 g/mol. The third-order valence-corrected chi connectivity index (χ3v) is 7.69. The van der Waals surface area contributed by atoms with Crippen LogP contribution < -0.4 is 0 Å². The van der Waals surface area contributed by atoms with E-state index >= 15 is 0 Å². The van der Waals surface area contributed by atoms with Crippen LogP contribution >= 0.6 is 0 Å². The summed E-state index contributed by atoms with van der Waals surface area (Å²) in [6.07, 6.45) is 15.7. The Labute approximate surface area is 180 Å². The molecule has 0 aliphatic heterocycles. The third-order valence-electron chi connectivity index (χ3n) is 7.69. The average Bonchev–Trinajstić information content (AvgIpc) is 2.80. The van der Waals surface area contributed by atoms with E-state index < -0.39 is 11.6 Å². The van der Waals surface area contributed by atoms with Crippen molar-refractivity contribution < 1.29 is 8.78 Å². The summed E-state index contributed by atoms with van der Waals surface area (Å²) in [5.41, 5.74) is 3.06. The Bertz CT molecular complexity index is 822. The minimum Gasteiger partial charge on any atom is -0.204 e. The Morgan fingerprint density at radius 3 is 1.83 bits per heavy atom. The van der Waals surface area contributed by atoms with Gasteiger partial charge in [0.1, 0.15) is 0 Å². The molecule has 2 saturated carbocycles. The van der Waals surface area contributed by atoms with E-state index in [-0.39, 0.29) is 0 Å². The van der Waals surface area contributed by atoms with Crippen LogP contribution in [0.2, 0.25) is 0 Å². The zero-order chi connectivity index (χ0) is 20.9. The first kappa shape index (κ1) is 21.3. The Balaban J connectivity index is 1.25. The van der Waals surface area contributed by atoms with Gasteiger partial charge < -0.3 is 0 Å². The number of hydrogen-bond acceptors (Lipinski definition) is 0. The minimum absolute atomic E-state index is 0.642. The molecular formula is C28H34F2. The molecule has 0 heterocycles. The van der Waals surface area contributed by atoms with Crippen molar-refractivity contribution in [2.75, 3.05) is 0 Å². The number of benzene rings is 2. The molecule has 160 valence electrons. The maximum Gasteiger partial charge on any atom is 0.159 e. The van der Waals surface area contributed by atoms with Crippen LogP contribution in [0.15, 0.2) is 55.1 Å². The van der Waals surface area contributed by atoms with Gasteiger partial charge in [-0.25, -0.2) is 8.78 Å². The number of allylic oxidation sites excluding steroid dienone is 1. The smallest absolute Gasteiger partial charge is 0.159 e. The molecule has 2 aromatic carbocycles. The molecule has 0 unspecified atom stereocenters. The van der Waals surface area contributed by atoms with Gasteiger partial charge in [0.2, 0.25) is 0 Å². The van der Waals surface area contributed by atoms with Gasteiger partial charge in [-0.2, -0.15) is 0 Å². The molecule has 2 aliphatic carbocycles. The van der Waals surface area contributed by atoms with Gasteiger partial charge in [-0.1, -0.05) is 49.2 Å². The molecular weight excluding hydrogens is 374 g/mol. The van der Waals surface area contributed by atoms with Gasteiger partial charge in [-0.15, -0.1) is 6.58 Å². The third kappa shape index (κ3) is 5.20. The quantitative estimate of drug-likeness (QED) is 0.419. The molecule has 2 aliphatic rings. The lowest BCUT2D eigenvalue weighted by Gasteiger charge is -2.31. The molecule has 0 saturated heterocycles. The molecule has 0 spiro atoms. The fourth-order valence-electron chi connectivity index (χ4n) is 5.59. The minimum atomic E-state index is -0.795. The highest BCUT2D eigenvalue weighted by molar-refractivity contribution is 5.63. The SMILES string of the molecule is C=CC1CCC(CCC2CCC(c3ccc(-c4ccc(F)c(F)c4)cc3)CC2)CC1. The molecule has 0 nitrogen and oxygen atoms in total. The van der Waals surface area contributed by atoms with Crippen LogP contribution in [0, 0.1) is 29.4 Å². The molecule has 0 atom stereocenters. The normalized spacial score (nSPS) is 27.0. The van der Waals surface area contributed by atoms with E-state index in [9.17, 15) is 8.78 Å². The van der Waals surface area contributed by atoms with Gasteiger partial charge in [0, 0.05) is 0 Å². The molecule has 0 amide bonds. The Morgan fingerprint density at radius 1 is 0.700 bits per heavy atom. The van der Waals surface area contributed by atoms with Crippen LogP contribution in [0.3, 0.4) is 0 Å². The molecule has 2 fully saturated rings. The predicted octanol–water partition coefficient (Wildman–Crippen LogP) is 8.68. The highest BCUT2D eigenvalue weighted by atomic mass is 19.2. The van der Waals surface area contributed by atoms with Crippen LogP contribution in [0.5, 0.6) is 0 Å². The summed E-state index contributed by atoms with van der Waals surface area (Å²) in [6.45, 7) is 3.96. The molecule has 30 heavy (non-hydrogen) atoms. The lowest BCUT2D eigenvalue weighted by molar-refractivity contribution is 0.246. The van der Waals surface area contributed by atoms with E-state index in [1.807, 2.05) is 12.1 Å². The van der Waals surface area contributed by atoms with Crippen molar-refractivity contribution in [2.24, 2.45) is 17.8 Å². The first-order valence-corrected chi connectivity index (χ1v) is 11.8. The second-order valence-electron chi connectivity index (χ2n) is 9.56. The van der Waals surface area contributed by atoms with Gasteiger partial charge in [0.15, 0.2) is 11.6 Å². The van der Waals surface area contributed by atoms with Crippen molar-refractivity contribution >= 4 is 0 Å². The van der Waals surface area contributed by atoms with Crippen molar-refractivity contribution in [2.45, 2.75) is 70.1 Å². The summed E-state index contributed by atoms with van der Waals surface area (Å²) >= 11 is 0. The summed E-state index contributed by atoms with van der Waals surface area (Å²) in [4.78, 5) is 0. The summed E-state index contributed by atoms with van der Waals surface area (Å²) < 4.78 is 26.7. The summed E-state index contributed by atoms with van der Waals surface area (Å²) in [5, 5.41) is 0. The van der Waals surface area contributed by atoms with E-state index in [0.29, 0.717) is 5.92 Å². The number of rotatable bonds is 6. The molecule has 0 radical (unpaired) electrons. The fourth-order valence-corrected chi connectivity index (χ4v) is 5.59. The topological polar surface area (TPSA) is 0 Å². The van der Waals surface area contributed by atoms with Crippen LogP contribution in [0.1, 0.15) is 75.7 Å². The molecule has 0 N–H and O–H groups in total. The lowest BCUT2D eigenvalue weighted by Crippen LogP contribution is -2.17. The molecule has 2 heteroatoms. The largest absolute Gasteiger partial charge is 0.204 e. The highest BCUT2D eigenvalue weighted by Gasteiger charge is 2.24. The van der Waals surface area contributed by atoms with E-state index in [2.05, 4.69) is 24.8 Å².